The first kappa shape index (κ1) is 15.8. The van der Waals surface area contributed by atoms with Crippen molar-refractivity contribution in [1.82, 2.24) is 5.32 Å². The van der Waals surface area contributed by atoms with Crippen LogP contribution in [-0.2, 0) is 9.53 Å². The minimum Gasteiger partial charge on any atom is -0.463 e. The molecule has 1 N–H and O–H groups in total. The van der Waals surface area contributed by atoms with Crippen molar-refractivity contribution in [3.8, 4) is 0 Å². The smallest absolute Gasteiger partial charge is 0.335 e. The molecular weight excluding hydrogens is 262 g/mol. The molecule has 1 fully saturated rings. The maximum atomic E-state index is 12.1. The Morgan fingerprint density at radius 3 is 2.62 bits per heavy atom. The summed E-state index contributed by atoms with van der Waals surface area (Å²) in [4.78, 5) is 12.1. The Balaban J connectivity index is 2.01. The van der Waals surface area contributed by atoms with Gasteiger partial charge in [-0.2, -0.15) is 0 Å². The topological polar surface area (TPSA) is 38.3 Å². The van der Waals surface area contributed by atoms with Crippen LogP contribution < -0.4 is 5.32 Å². The second kappa shape index (κ2) is 8.63. The molecule has 0 heterocycles. The highest BCUT2D eigenvalue weighted by molar-refractivity contribution is 5.94. The van der Waals surface area contributed by atoms with E-state index in [0.717, 1.165) is 5.56 Å². The van der Waals surface area contributed by atoms with Crippen molar-refractivity contribution in [2.75, 3.05) is 13.2 Å². The standard InChI is InChI=1S/C18H25NO2/c1-2-21-18(20)16(13-15-9-5-3-6-10-15)14-19-17-11-7-4-8-12-17/h3,5-6,9-10,13,17,19H,2,4,7-8,11-12,14H2,1H3/b16-13+. The molecule has 0 amide bonds. The van der Waals surface area contributed by atoms with Crippen LogP contribution in [0.2, 0.25) is 0 Å². The van der Waals surface area contributed by atoms with E-state index >= 15 is 0 Å². The normalized spacial score (nSPS) is 16.7. The van der Waals surface area contributed by atoms with Crippen LogP contribution in [0.15, 0.2) is 35.9 Å². The first-order valence-electron chi connectivity index (χ1n) is 7.95. The molecule has 3 heteroatoms. The maximum absolute atomic E-state index is 12.1. The molecule has 0 saturated heterocycles. The summed E-state index contributed by atoms with van der Waals surface area (Å²) in [6.07, 6.45) is 8.25. The zero-order chi connectivity index (χ0) is 14.9. The highest BCUT2D eigenvalue weighted by Gasteiger charge is 2.16. The fourth-order valence-corrected chi connectivity index (χ4v) is 2.72. The van der Waals surface area contributed by atoms with Crippen molar-refractivity contribution in [3.05, 3.63) is 41.5 Å². The quantitative estimate of drug-likeness (QED) is 0.642. The Hall–Kier alpha value is -1.61. The molecular formula is C18H25NO2. The minimum absolute atomic E-state index is 0.218. The molecule has 114 valence electrons. The van der Waals surface area contributed by atoms with Gasteiger partial charge in [0.05, 0.1) is 12.2 Å². The van der Waals surface area contributed by atoms with E-state index < -0.39 is 0 Å². The molecule has 2 rings (SSSR count). The lowest BCUT2D eigenvalue weighted by Gasteiger charge is -2.23. The van der Waals surface area contributed by atoms with E-state index in [1.54, 1.807) is 0 Å². The van der Waals surface area contributed by atoms with Crippen LogP contribution in [0.4, 0.5) is 0 Å². The van der Waals surface area contributed by atoms with Crippen LogP contribution in [0.1, 0.15) is 44.6 Å². The number of hydrogen-bond donors (Lipinski definition) is 1. The lowest BCUT2D eigenvalue weighted by Crippen LogP contribution is -2.34. The van der Waals surface area contributed by atoms with Crippen molar-refractivity contribution in [2.24, 2.45) is 0 Å². The van der Waals surface area contributed by atoms with Crippen molar-refractivity contribution in [1.29, 1.82) is 0 Å². The second-order valence-electron chi connectivity index (χ2n) is 5.52. The van der Waals surface area contributed by atoms with Gasteiger partial charge in [-0.1, -0.05) is 49.6 Å². The number of hydrogen-bond acceptors (Lipinski definition) is 3. The molecule has 0 aromatic heterocycles. The summed E-state index contributed by atoms with van der Waals surface area (Å²) in [5, 5.41) is 3.51. The van der Waals surface area contributed by atoms with Gasteiger partial charge in [0, 0.05) is 12.6 Å². The molecule has 1 aliphatic carbocycles. The van der Waals surface area contributed by atoms with E-state index in [9.17, 15) is 4.79 Å². The number of carbonyl (C=O) groups excluding carboxylic acids is 1. The van der Waals surface area contributed by atoms with Gasteiger partial charge in [-0.05, 0) is 31.4 Å². The minimum atomic E-state index is -0.218. The Kier molecular flexibility index (Phi) is 6.48. The third-order valence-electron chi connectivity index (χ3n) is 3.86. The summed E-state index contributed by atoms with van der Waals surface area (Å²) in [7, 11) is 0. The molecule has 3 nitrogen and oxygen atoms in total. The predicted molar refractivity (Wildman–Crippen MR) is 85.9 cm³/mol. The fourth-order valence-electron chi connectivity index (χ4n) is 2.72. The molecule has 0 radical (unpaired) electrons. The molecule has 1 aliphatic rings. The Labute approximate surface area is 127 Å². The molecule has 1 aromatic carbocycles. The number of benzene rings is 1. The molecule has 0 atom stereocenters. The van der Waals surface area contributed by atoms with Crippen molar-refractivity contribution in [2.45, 2.75) is 45.1 Å². The summed E-state index contributed by atoms with van der Waals surface area (Å²) in [6.45, 7) is 2.83. The van der Waals surface area contributed by atoms with Gasteiger partial charge in [-0.15, -0.1) is 0 Å². The molecule has 0 aliphatic heterocycles. The second-order valence-corrected chi connectivity index (χ2v) is 5.52. The van der Waals surface area contributed by atoms with Crippen LogP contribution in [0.25, 0.3) is 6.08 Å². The summed E-state index contributed by atoms with van der Waals surface area (Å²) >= 11 is 0. The third kappa shape index (κ3) is 5.35. The van der Waals surface area contributed by atoms with Crippen molar-refractivity contribution in [3.63, 3.8) is 0 Å². The predicted octanol–water partition coefficient (Wildman–Crippen LogP) is 3.56. The average Bonchev–Trinajstić information content (AvgIpc) is 2.53. The van der Waals surface area contributed by atoms with Gasteiger partial charge in [0.25, 0.3) is 0 Å². The van der Waals surface area contributed by atoms with Crippen LogP contribution in [-0.4, -0.2) is 25.2 Å². The van der Waals surface area contributed by atoms with Gasteiger partial charge in [0.1, 0.15) is 0 Å². The van der Waals surface area contributed by atoms with Crippen LogP contribution in [0.3, 0.4) is 0 Å². The molecule has 1 saturated carbocycles. The average molecular weight is 287 g/mol. The Morgan fingerprint density at radius 1 is 1.24 bits per heavy atom. The largest absolute Gasteiger partial charge is 0.463 e. The number of carbonyl (C=O) groups is 1. The van der Waals surface area contributed by atoms with E-state index in [2.05, 4.69) is 5.32 Å². The monoisotopic (exact) mass is 287 g/mol. The SMILES string of the molecule is CCOC(=O)/C(=C/c1ccccc1)CNC1CCCCC1. The Bertz CT molecular complexity index is 461. The third-order valence-corrected chi connectivity index (χ3v) is 3.86. The molecule has 0 unspecified atom stereocenters. The van der Waals surface area contributed by atoms with E-state index in [1.807, 2.05) is 43.3 Å². The molecule has 0 bridgehead atoms. The summed E-state index contributed by atoms with van der Waals surface area (Å²) in [6, 6.07) is 10.5. The molecule has 21 heavy (non-hydrogen) atoms. The van der Waals surface area contributed by atoms with Gasteiger partial charge < -0.3 is 10.1 Å². The van der Waals surface area contributed by atoms with Crippen LogP contribution in [0, 0.1) is 0 Å². The van der Waals surface area contributed by atoms with E-state index in [1.165, 1.54) is 32.1 Å². The van der Waals surface area contributed by atoms with Crippen LogP contribution >= 0.6 is 0 Å². The van der Waals surface area contributed by atoms with Crippen molar-refractivity contribution >= 4 is 12.0 Å². The van der Waals surface area contributed by atoms with Gasteiger partial charge in [0.15, 0.2) is 0 Å². The van der Waals surface area contributed by atoms with Gasteiger partial charge >= 0.3 is 5.97 Å². The number of ether oxygens (including phenoxy) is 1. The van der Waals surface area contributed by atoms with E-state index in [4.69, 9.17) is 4.74 Å². The fraction of sp³-hybridized carbons (Fsp3) is 0.500. The first-order valence-corrected chi connectivity index (χ1v) is 7.95. The maximum Gasteiger partial charge on any atom is 0.335 e. The van der Waals surface area contributed by atoms with Gasteiger partial charge in [-0.3, -0.25) is 0 Å². The zero-order valence-corrected chi connectivity index (χ0v) is 12.8. The lowest BCUT2D eigenvalue weighted by atomic mass is 9.95. The van der Waals surface area contributed by atoms with Gasteiger partial charge in [0.2, 0.25) is 0 Å². The first-order chi connectivity index (χ1) is 10.3. The van der Waals surface area contributed by atoms with E-state index in [-0.39, 0.29) is 5.97 Å². The summed E-state index contributed by atoms with van der Waals surface area (Å²) in [5.74, 6) is -0.218. The summed E-state index contributed by atoms with van der Waals surface area (Å²) in [5.41, 5.74) is 1.74. The number of rotatable bonds is 6. The zero-order valence-electron chi connectivity index (χ0n) is 12.8. The van der Waals surface area contributed by atoms with Crippen LogP contribution in [0.5, 0.6) is 0 Å². The molecule has 0 spiro atoms. The highest BCUT2D eigenvalue weighted by Crippen LogP contribution is 2.18. The molecule has 1 aromatic rings. The number of nitrogens with one attached hydrogen (secondary N) is 1. The van der Waals surface area contributed by atoms with Crippen molar-refractivity contribution < 1.29 is 9.53 Å². The summed E-state index contributed by atoms with van der Waals surface area (Å²) < 4.78 is 5.17. The lowest BCUT2D eigenvalue weighted by molar-refractivity contribution is -0.138. The number of esters is 1. The van der Waals surface area contributed by atoms with Gasteiger partial charge in [-0.25, -0.2) is 4.79 Å². The highest BCUT2D eigenvalue weighted by atomic mass is 16.5. The van der Waals surface area contributed by atoms with E-state index in [0.29, 0.717) is 24.8 Å². The Morgan fingerprint density at radius 2 is 1.95 bits per heavy atom.